The van der Waals surface area contributed by atoms with E-state index in [2.05, 4.69) is 15.6 Å². The van der Waals surface area contributed by atoms with Crippen molar-refractivity contribution in [3.63, 3.8) is 0 Å². The molecule has 0 radical (unpaired) electrons. The first-order valence-corrected chi connectivity index (χ1v) is 14.1. The number of phenols is 1. The van der Waals surface area contributed by atoms with Crippen molar-refractivity contribution in [3.05, 3.63) is 29.8 Å². The van der Waals surface area contributed by atoms with E-state index in [1.807, 2.05) is 6.26 Å². The van der Waals surface area contributed by atoms with Crippen LogP contribution in [0.5, 0.6) is 5.75 Å². The summed E-state index contributed by atoms with van der Waals surface area (Å²) in [6.45, 7) is 0.595. The summed E-state index contributed by atoms with van der Waals surface area (Å²) in [7, 11) is 0. The third-order valence-corrected chi connectivity index (χ3v) is 7.00. The van der Waals surface area contributed by atoms with Crippen LogP contribution >= 0.6 is 11.8 Å². The number of likely N-dealkylation sites (tertiary alicyclic amines) is 1. The Morgan fingerprint density at radius 1 is 1.10 bits per heavy atom. The van der Waals surface area contributed by atoms with Crippen molar-refractivity contribution in [3.8, 4) is 5.75 Å². The maximum atomic E-state index is 13.5. The van der Waals surface area contributed by atoms with Crippen molar-refractivity contribution in [1.29, 1.82) is 0 Å². The predicted octanol–water partition coefficient (Wildman–Crippen LogP) is -0.886. The van der Waals surface area contributed by atoms with Gasteiger partial charge in [0.2, 0.25) is 17.7 Å². The highest BCUT2D eigenvalue weighted by Crippen LogP contribution is 2.20. The SMILES string of the molecule is CSCCC(NC(=O)C(Cc1ccc(O)cc1)NC(=O)C(N)CCCN=C(N)N)C(=O)N1CCCC1C(=O)O. The van der Waals surface area contributed by atoms with Crippen molar-refractivity contribution >= 4 is 41.4 Å². The van der Waals surface area contributed by atoms with Gasteiger partial charge in [0.05, 0.1) is 6.04 Å². The fraction of sp³-hybridized carbons (Fsp3) is 0.560. The number of benzene rings is 1. The number of aromatic hydroxyl groups is 1. The summed E-state index contributed by atoms with van der Waals surface area (Å²) in [6.07, 6.45) is 3.87. The molecule has 1 saturated heterocycles. The van der Waals surface area contributed by atoms with E-state index in [1.54, 1.807) is 12.1 Å². The molecule has 1 aliphatic rings. The highest BCUT2D eigenvalue weighted by atomic mass is 32.2. The number of hydrogen-bond donors (Lipinski definition) is 7. The number of aliphatic imine (C=N–C) groups is 1. The molecule has 0 saturated carbocycles. The average molecular weight is 566 g/mol. The molecule has 1 aromatic rings. The molecule has 1 heterocycles. The summed E-state index contributed by atoms with van der Waals surface area (Å²) in [5.41, 5.74) is 17.3. The number of guanidine groups is 1. The molecule has 2 rings (SSSR count). The first kappa shape index (κ1) is 31.7. The Labute approximate surface area is 231 Å². The van der Waals surface area contributed by atoms with Gasteiger partial charge in [0.25, 0.3) is 0 Å². The maximum Gasteiger partial charge on any atom is 0.326 e. The zero-order valence-electron chi connectivity index (χ0n) is 22.0. The van der Waals surface area contributed by atoms with Crippen LogP contribution < -0.4 is 27.8 Å². The van der Waals surface area contributed by atoms with Gasteiger partial charge in [-0.25, -0.2) is 4.79 Å². The van der Waals surface area contributed by atoms with Gasteiger partial charge in [-0.3, -0.25) is 19.4 Å². The largest absolute Gasteiger partial charge is 0.508 e. The zero-order chi connectivity index (χ0) is 28.9. The third kappa shape index (κ3) is 10.3. The highest BCUT2D eigenvalue weighted by molar-refractivity contribution is 7.98. The average Bonchev–Trinajstić information content (AvgIpc) is 3.39. The number of rotatable bonds is 15. The van der Waals surface area contributed by atoms with Crippen LogP contribution in [0.4, 0.5) is 0 Å². The third-order valence-electron chi connectivity index (χ3n) is 6.36. The summed E-state index contributed by atoms with van der Waals surface area (Å²) in [5.74, 6) is -2.17. The Hall–Kier alpha value is -3.52. The second-order valence-corrected chi connectivity index (χ2v) is 10.3. The molecular weight excluding hydrogens is 526 g/mol. The number of nitrogens with zero attached hydrogens (tertiary/aromatic N) is 2. The maximum absolute atomic E-state index is 13.5. The van der Waals surface area contributed by atoms with Gasteiger partial charge in [0.1, 0.15) is 23.9 Å². The molecule has 4 atom stereocenters. The van der Waals surface area contributed by atoms with E-state index in [0.29, 0.717) is 50.1 Å². The van der Waals surface area contributed by atoms with Crippen LogP contribution in [0.25, 0.3) is 0 Å². The number of carbonyl (C=O) groups is 4. The quantitative estimate of drug-likeness (QED) is 0.0788. The number of thioether (sulfide) groups is 1. The molecular formula is C25H39N7O6S. The van der Waals surface area contributed by atoms with Gasteiger partial charge in [0, 0.05) is 19.5 Å². The summed E-state index contributed by atoms with van der Waals surface area (Å²) in [5, 5.41) is 24.5. The van der Waals surface area contributed by atoms with Crippen molar-refractivity contribution in [2.45, 2.75) is 62.7 Å². The molecule has 13 nitrogen and oxygen atoms in total. The highest BCUT2D eigenvalue weighted by Gasteiger charge is 2.38. The molecule has 4 unspecified atom stereocenters. The predicted molar refractivity (Wildman–Crippen MR) is 149 cm³/mol. The van der Waals surface area contributed by atoms with Gasteiger partial charge in [-0.1, -0.05) is 12.1 Å². The second-order valence-electron chi connectivity index (χ2n) is 9.36. The lowest BCUT2D eigenvalue weighted by atomic mass is 10.0. The zero-order valence-corrected chi connectivity index (χ0v) is 22.9. The normalized spacial score (nSPS) is 17.1. The van der Waals surface area contributed by atoms with Crippen LogP contribution in [-0.4, -0.2) is 94.0 Å². The van der Waals surface area contributed by atoms with Crippen LogP contribution in [0, 0.1) is 0 Å². The van der Waals surface area contributed by atoms with E-state index in [-0.39, 0.29) is 24.6 Å². The number of nitrogens with two attached hydrogens (primary N) is 3. The van der Waals surface area contributed by atoms with E-state index in [4.69, 9.17) is 17.2 Å². The van der Waals surface area contributed by atoms with Gasteiger partial charge in [0.15, 0.2) is 5.96 Å². The molecule has 1 aliphatic heterocycles. The van der Waals surface area contributed by atoms with Crippen LogP contribution in [0.15, 0.2) is 29.3 Å². The molecule has 14 heteroatoms. The summed E-state index contributed by atoms with van der Waals surface area (Å²) >= 11 is 1.49. The fourth-order valence-corrected chi connectivity index (χ4v) is 4.73. The molecule has 10 N–H and O–H groups in total. The van der Waals surface area contributed by atoms with E-state index in [9.17, 15) is 29.4 Å². The van der Waals surface area contributed by atoms with Gasteiger partial charge in [-0.15, -0.1) is 0 Å². The molecule has 216 valence electrons. The number of carboxylic acids is 1. The number of nitrogens with one attached hydrogen (secondary N) is 2. The molecule has 1 aromatic carbocycles. The van der Waals surface area contributed by atoms with Gasteiger partial charge in [-0.05, 0) is 61.8 Å². The van der Waals surface area contributed by atoms with Gasteiger partial charge >= 0.3 is 5.97 Å². The van der Waals surface area contributed by atoms with Crippen molar-refractivity contribution in [2.24, 2.45) is 22.2 Å². The molecule has 0 spiro atoms. The van der Waals surface area contributed by atoms with Crippen LogP contribution in [0.3, 0.4) is 0 Å². The number of amides is 3. The summed E-state index contributed by atoms with van der Waals surface area (Å²) < 4.78 is 0. The lowest BCUT2D eigenvalue weighted by Gasteiger charge is -2.29. The van der Waals surface area contributed by atoms with Crippen LogP contribution in [0.1, 0.15) is 37.7 Å². The molecule has 0 aromatic heterocycles. The first-order chi connectivity index (χ1) is 18.5. The minimum absolute atomic E-state index is 0.0490. The van der Waals surface area contributed by atoms with Gasteiger partial charge in [-0.2, -0.15) is 11.8 Å². The standard InChI is InChI=1S/C25H39N7O6S/c1-39-13-10-18(23(36)32-12-3-5-20(32)24(37)38)30-22(35)19(14-15-6-8-16(33)9-7-15)31-21(34)17(26)4-2-11-29-25(27)28/h6-9,17-20,33H,2-5,10-14,26H2,1H3,(H,30,35)(H,31,34)(H,37,38)(H4,27,28,29). The minimum Gasteiger partial charge on any atom is -0.508 e. The number of hydrogen-bond acceptors (Lipinski definition) is 8. The molecule has 3 amide bonds. The Morgan fingerprint density at radius 3 is 2.38 bits per heavy atom. The van der Waals surface area contributed by atoms with Crippen molar-refractivity contribution in [2.75, 3.05) is 25.1 Å². The minimum atomic E-state index is -1.08. The Kier molecular flexibility index (Phi) is 12.8. The van der Waals surface area contributed by atoms with E-state index in [0.717, 1.165) is 0 Å². The molecule has 0 aliphatic carbocycles. The topological polar surface area (TPSA) is 226 Å². The Morgan fingerprint density at radius 2 is 1.77 bits per heavy atom. The lowest BCUT2D eigenvalue weighted by Crippen LogP contribution is -2.57. The van der Waals surface area contributed by atoms with Crippen molar-refractivity contribution in [1.82, 2.24) is 15.5 Å². The first-order valence-electron chi connectivity index (χ1n) is 12.7. The smallest absolute Gasteiger partial charge is 0.326 e. The second kappa shape index (κ2) is 15.8. The van der Waals surface area contributed by atoms with E-state index >= 15 is 0 Å². The van der Waals surface area contributed by atoms with Gasteiger partial charge < -0.3 is 42.9 Å². The lowest BCUT2D eigenvalue weighted by molar-refractivity contribution is -0.149. The number of carbonyl (C=O) groups excluding carboxylic acids is 3. The number of aliphatic carboxylic acids is 1. The summed E-state index contributed by atoms with van der Waals surface area (Å²) in [6, 6.07) is 2.27. The fourth-order valence-electron chi connectivity index (χ4n) is 4.26. The monoisotopic (exact) mass is 565 g/mol. The van der Waals surface area contributed by atoms with Crippen LogP contribution in [0.2, 0.25) is 0 Å². The molecule has 1 fully saturated rings. The molecule has 39 heavy (non-hydrogen) atoms. The Bertz CT molecular complexity index is 1020. The van der Waals surface area contributed by atoms with E-state index in [1.165, 1.54) is 28.8 Å². The summed E-state index contributed by atoms with van der Waals surface area (Å²) in [4.78, 5) is 56.4. The van der Waals surface area contributed by atoms with Crippen molar-refractivity contribution < 1.29 is 29.4 Å². The van der Waals surface area contributed by atoms with E-state index < -0.39 is 47.9 Å². The number of carboxylic acid groups (broad SMARTS) is 1. The number of phenolic OH excluding ortho intramolecular Hbond substituents is 1. The Balaban J connectivity index is 2.18. The molecule has 0 bridgehead atoms. The van der Waals surface area contributed by atoms with Crippen LogP contribution in [-0.2, 0) is 25.6 Å².